The molecule has 0 amide bonds. The lowest BCUT2D eigenvalue weighted by Crippen LogP contribution is -2.43. The van der Waals surface area contributed by atoms with Crippen LogP contribution in [0, 0.1) is 11.3 Å². The number of nitrogens with one attached hydrogen (secondary N) is 1. The molecule has 1 fully saturated rings. The summed E-state index contributed by atoms with van der Waals surface area (Å²) in [7, 11) is 0. The predicted octanol–water partition coefficient (Wildman–Crippen LogP) is 3.76. The fourth-order valence-corrected chi connectivity index (χ4v) is 2.95. The maximum absolute atomic E-state index is 8.97. The Morgan fingerprint density at radius 3 is 2.90 bits per heavy atom. The van der Waals surface area contributed by atoms with Gasteiger partial charge in [0.05, 0.1) is 17.2 Å². The summed E-state index contributed by atoms with van der Waals surface area (Å²) < 4.78 is 5.96. The molecule has 1 aromatic rings. The monoisotopic (exact) mass is 293 g/mol. The molecule has 1 saturated heterocycles. The Labute approximate surface area is 125 Å². The van der Waals surface area contributed by atoms with Crippen LogP contribution in [0.25, 0.3) is 0 Å². The van der Waals surface area contributed by atoms with E-state index in [2.05, 4.69) is 30.2 Å². The summed E-state index contributed by atoms with van der Waals surface area (Å²) in [6.45, 7) is 5.08. The maximum atomic E-state index is 8.97. The maximum Gasteiger partial charge on any atom is 0.132 e. The van der Waals surface area contributed by atoms with Gasteiger partial charge in [0.1, 0.15) is 11.0 Å². The third-order valence-corrected chi connectivity index (χ3v) is 4.25. The molecule has 0 radical (unpaired) electrons. The highest BCUT2D eigenvalue weighted by molar-refractivity contribution is 6.29. The standard InChI is InChI=1S/C15H20ClN3O/c1-3-15(4-2)9-12(5-6-20-15)18-14-8-11(10-17)7-13(16)19-14/h7-8,12H,3-6,9H2,1-2H3,(H,18,19). The van der Waals surface area contributed by atoms with E-state index in [1.54, 1.807) is 12.1 Å². The minimum Gasteiger partial charge on any atom is -0.375 e. The second-order valence-corrected chi connectivity index (χ2v) is 5.64. The normalized spacial score (nSPS) is 21.2. The van der Waals surface area contributed by atoms with Crippen LogP contribution in [-0.4, -0.2) is 23.2 Å². The van der Waals surface area contributed by atoms with Gasteiger partial charge in [-0.25, -0.2) is 4.98 Å². The first kappa shape index (κ1) is 15.1. The Morgan fingerprint density at radius 1 is 1.50 bits per heavy atom. The first-order valence-corrected chi connectivity index (χ1v) is 7.47. The minimum atomic E-state index is -0.0352. The van der Waals surface area contributed by atoms with E-state index in [0.717, 1.165) is 32.3 Å². The Kier molecular flexibility index (Phi) is 4.85. The molecule has 5 heteroatoms. The number of pyridine rings is 1. The average molecular weight is 294 g/mol. The summed E-state index contributed by atoms with van der Waals surface area (Å²) in [6, 6.07) is 5.71. The van der Waals surface area contributed by atoms with Crippen molar-refractivity contribution in [1.82, 2.24) is 4.98 Å². The second-order valence-electron chi connectivity index (χ2n) is 5.25. The van der Waals surface area contributed by atoms with Crippen LogP contribution in [0.5, 0.6) is 0 Å². The topological polar surface area (TPSA) is 57.9 Å². The van der Waals surface area contributed by atoms with Crippen LogP contribution in [-0.2, 0) is 4.74 Å². The van der Waals surface area contributed by atoms with E-state index >= 15 is 0 Å². The predicted molar refractivity (Wildman–Crippen MR) is 79.9 cm³/mol. The Hall–Kier alpha value is -1.31. The molecule has 1 N–H and O–H groups in total. The lowest BCUT2D eigenvalue weighted by atomic mass is 9.86. The smallest absolute Gasteiger partial charge is 0.132 e. The molecule has 1 aliphatic rings. The second kappa shape index (κ2) is 6.43. The minimum absolute atomic E-state index is 0.0352. The van der Waals surface area contributed by atoms with Crippen LogP contribution < -0.4 is 5.32 Å². The number of hydrogen-bond acceptors (Lipinski definition) is 4. The van der Waals surface area contributed by atoms with Crippen molar-refractivity contribution in [3.8, 4) is 6.07 Å². The van der Waals surface area contributed by atoms with Gasteiger partial charge < -0.3 is 10.1 Å². The molecule has 0 aliphatic carbocycles. The van der Waals surface area contributed by atoms with E-state index in [9.17, 15) is 0 Å². The van der Waals surface area contributed by atoms with Crippen molar-refractivity contribution >= 4 is 17.4 Å². The molecule has 1 atom stereocenters. The number of anilines is 1. The molecule has 1 unspecified atom stereocenters. The number of rotatable bonds is 4. The SMILES string of the molecule is CCC1(CC)CC(Nc2cc(C#N)cc(Cl)n2)CCO1. The van der Waals surface area contributed by atoms with Gasteiger partial charge in [0, 0.05) is 12.6 Å². The number of aromatic nitrogens is 1. The highest BCUT2D eigenvalue weighted by atomic mass is 35.5. The largest absolute Gasteiger partial charge is 0.375 e. The molecule has 20 heavy (non-hydrogen) atoms. The van der Waals surface area contributed by atoms with E-state index in [1.807, 2.05) is 0 Å². The molecule has 2 rings (SSSR count). The van der Waals surface area contributed by atoms with Crippen LogP contribution in [0.2, 0.25) is 5.15 Å². The third-order valence-electron chi connectivity index (χ3n) is 4.06. The molecule has 0 bridgehead atoms. The first-order valence-electron chi connectivity index (χ1n) is 7.09. The molecule has 0 spiro atoms. The lowest BCUT2D eigenvalue weighted by molar-refractivity contribution is -0.0864. The average Bonchev–Trinajstić information content (AvgIpc) is 2.46. The van der Waals surface area contributed by atoms with Gasteiger partial charge in [-0.2, -0.15) is 5.26 Å². The Bertz CT molecular complexity index is 508. The lowest BCUT2D eigenvalue weighted by Gasteiger charge is -2.40. The highest BCUT2D eigenvalue weighted by Crippen LogP contribution is 2.32. The van der Waals surface area contributed by atoms with Gasteiger partial charge >= 0.3 is 0 Å². The summed E-state index contributed by atoms with van der Waals surface area (Å²) in [5.74, 6) is 0.669. The summed E-state index contributed by atoms with van der Waals surface area (Å²) in [6.07, 6.45) is 3.91. The van der Waals surface area contributed by atoms with E-state index in [1.165, 1.54) is 0 Å². The zero-order chi connectivity index (χ0) is 14.6. The van der Waals surface area contributed by atoms with Crippen molar-refractivity contribution < 1.29 is 4.74 Å². The Morgan fingerprint density at radius 2 is 2.25 bits per heavy atom. The van der Waals surface area contributed by atoms with Crippen molar-refractivity contribution in [2.24, 2.45) is 0 Å². The van der Waals surface area contributed by atoms with Crippen molar-refractivity contribution in [3.63, 3.8) is 0 Å². The summed E-state index contributed by atoms with van der Waals surface area (Å²) in [4.78, 5) is 4.24. The van der Waals surface area contributed by atoms with Gasteiger partial charge in [0.15, 0.2) is 0 Å². The van der Waals surface area contributed by atoms with E-state index in [-0.39, 0.29) is 5.60 Å². The molecular formula is C15H20ClN3O. The Balaban J connectivity index is 2.10. The molecule has 0 aromatic carbocycles. The van der Waals surface area contributed by atoms with Gasteiger partial charge in [0.25, 0.3) is 0 Å². The van der Waals surface area contributed by atoms with Crippen LogP contribution in [0.15, 0.2) is 12.1 Å². The molecule has 4 nitrogen and oxygen atoms in total. The summed E-state index contributed by atoms with van der Waals surface area (Å²) >= 11 is 5.93. The quantitative estimate of drug-likeness (QED) is 0.859. The first-order chi connectivity index (χ1) is 9.60. The van der Waals surface area contributed by atoms with Gasteiger partial charge in [-0.05, 0) is 37.8 Å². The van der Waals surface area contributed by atoms with Gasteiger partial charge in [-0.1, -0.05) is 25.4 Å². The molecule has 2 heterocycles. The van der Waals surface area contributed by atoms with Crippen LogP contribution in [0.1, 0.15) is 45.1 Å². The molecule has 108 valence electrons. The molecule has 1 aromatic heterocycles. The fourth-order valence-electron chi connectivity index (χ4n) is 2.74. The number of nitrogens with zero attached hydrogens (tertiary/aromatic N) is 2. The van der Waals surface area contributed by atoms with E-state index in [4.69, 9.17) is 21.6 Å². The van der Waals surface area contributed by atoms with E-state index < -0.39 is 0 Å². The molecular weight excluding hydrogens is 274 g/mol. The van der Waals surface area contributed by atoms with Gasteiger partial charge in [-0.3, -0.25) is 0 Å². The zero-order valence-corrected chi connectivity index (χ0v) is 12.7. The fraction of sp³-hybridized carbons (Fsp3) is 0.600. The highest BCUT2D eigenvalue weighted by Gasteiger charge is 2.34. The van der Waals surface area contributed by atoms with Crippen molar-refractivity contribution in [2.75, 3.05) is 11.9 Å². The molecule has 0 saturated carbocycles. The third kappa shape index (κ3) is 3.41. The summed E-state index contributed by atoms with van der Waals surface area (Å²) in [5, 5.41) is 12.7. The van der Waals surface area contributed by atoms with Gasteiger partial charge in [0.2, 0.25) is 0 Å². The van der Waals surface area contributed by atoms with E-state index in [0.29, 0.717) is 22.6 Å². The van der Waals surface area contributed by atoms with Crippen molar-refractivity contribution in [1.29, 1.82) is 5.26 Å². The van der Waals surface area contributed by atoms with Crippen molar-refractivity contribution in [2.45, 2.75) is 51.2 Å². The number of halogens is 1. The van der Waals surface area contributed by atoms with Crippen molar-refractivity contribution in [3.05, 3.63) is 22.8 Å². The number of hydrogen-bond donors (Lipinski definition) is 1. The van der Waals surface area contributed by atoms with Crippen LogP contribution in [0.3, 0.4) is 0 Å². The van der Waals surface area contributed by atoms with Gasteiger partial charge in [-0.15, -0.1) is 0 Å². The zero-order valence-electron chi connectivity index (χ0n) is 11.9. The van der Waals surface area contributed by atoms with Crippen LogP contribution >= 0.6 is 11.6 Å². The summed E-state index contributed by atoms with van der Waals surface area (Å²) in [5.41, 5.74) is 0.490. The number of ether oxygens (including phenoxy) is 1. The van der Waals surface area contributed by atoms with Crippen LogP contribution in [0.4, 0.5) is 5.82 Å². The number of nitriles is 1. The molecule has 1 aliphatic heterocycles.